The number of benzene rings is 2. The SMILES string of the molecule is O=C1CCC(N2Cc3cc(NC(=O)N4Cc5ccc(Cl)cc5C4)ccc3C2=O)C(=O)N1. The number of urea groups is 1. The number of hydrogen-bond donors (Lipinski definition) is 2. The first-order chi connectivity index (χ1) is 14.9. The molecule has 2 aromatic rings. The molecule has 2 aromatic carbocycles. The summed E-state index contributed by atoms with van der Waals surface area (Å²) in [7, 11) is 0. The zero-order valence-corrected chi connectivity index (χ0v) is 17.2. The van der Waals surface area contributed by atoms with Crippen molar-refractivity contribution in [3.8, 4) is 0 Å². The van der Waals surface area contributed by atoms with Crippen LogP contribution in [0.3, 0.4) is 0 Å². The van der Waals surface area contributed by atoms with Crippen molar-refractivity contribution in [3.63, 3.8) is 0 Å². The highest BCUT2D eigenvalue weighted by Gasteiger charge is 2.39. The van der Waals surface area contributed by atoms with E-state index in [4.69, 9.17) is 11.6 Å². The van der Waals surface area contributed by atoms with E-state index in [1.807, 2.05) is 18.2 Å². The maximum atomic E-state index is 12.8. The molecule has 1 fully saturated rings. The molecule has 31 heavy (non-hydrogen) atoms. The standard InChI is InChI=1S/C22H19ClN4O4/c23-15-2-1-12-9-26(10-13(12)7-15)22(31)24-16-3-4-17-14(8-16)11-27(21(17)30)18-5-6-19(28)25-20(18)29/h1-4,7-8,18H,5-6,9-11H2,(H,24,31)(H,25,28,29). The first-order valence-electron chi connectivity index (χ1n) is 10.00. The molecule has 0 aliphatic carbocycles. The van der Waals surface area contributed by atoms with Gasteiger partial charge >= 0.3 is 6.03 Å². The van der Waals surface area contributed by atoms with Crippen molar-refractivity contribution in [3.05, 3.63) is 63.7 Å². The summed E-state index contributed by atoms with van der Waals surface area (Å²) in [6.07, 6.45) is 0.523. The molecular formula is C22H19ClN4O4. The van der Waals surface area contributed by atoms with Crippen molar-refractivity contribution < 1.29 is 19.2 Å². The van der Waals surface area contributed by atoms with Gasteiger partial charge in [0.1, 0.15) is 6.04 Å². The average molecular weight is 439 g/mol. The molecule has 2 N–H and O–H groups in total. The summed E-state index contributed by atoms with van der Waals surface area (Å²) in [5.41, 5.74) is 3.92. The predicted octanol–water partition coefficient (Wildman–Crippen LogP) is 2.65. The molecule has 5 rings (SSSR count). The predicted molar refractivity (Wildman–Crippen MR) is 112 cm³/mol. The Morgan fingerprint density at radius 1 is 1.00 bits per heavy atom. The van der Waals surface area contributed by atoms with Crippen LogP contribution in [0.15, 0.2) is 36.4 Å². The summed E-state index contributed by atoms with van der Waals surface area (Å²) in [6, 6.07) is 9.82. The number of anilines is 1. The lowest BCUT2D eigenvalue weighted by molar-refractivity contribution is -0.136. The molecule has 0 saturated carbocycles. The van der Waals surface area contributed by atoms with Crippen LogP contribution in [0, 0.1) is 0 Å². The lowest BCUT2D eigenvalue weighted by Crippen LogP contribution is -2.52. The van der Waals surface area contributed by atoms with E-state index in [1.54, 1.807) is 23.1 Å². The maximum absolute atomic E-state index is 12.8. The molecule has 0 bridgehead atoms. The van der Waals surface area contributed by atoms with E-state index in [2.05, 4.69) is 10.6 Å². The molecule has 9 heteroatoms. The maximum Gasteiger partial charge on any atom is 0.322 e. The Morgan fingerprint density at radius 2 is 1.81 bits per heavy atom. The lowest BCUT2D eigenvalue weighted by atomic mass is 10.0. The number of imide groups is 1. The van der Waals surface area contributed by atoms with Crippen LogP contribution in [0.25, 0.3) is 0 Å². The smallest absolute Gasteiger partial charge is 0.322 e. The summed E-state index contributed by atoms with van der Waals surface area (Å²) in [4.78, 5) is 52.2. The fraction of sp³-hybridized carbons (Fsp3) is 0.273. The zero-order chi connectivity index (χ0) is 21.7. The Morgan fingerprint density at radius 3 is 2.61 bits per heavy atom. The number of nitrogens with one attached hydrogen (secondary N) is 2. The molecule has 0 radical (unpaired) electrons. The Kier molecular flexibility index (Phi) is 4.66. The van der Waals surface area contributed by atoms with E-state index in [9.17, 15) is 19.2 Å². The second kappa shape index (κ2) is 7.39. The first-order valence-corrected chi connectivity index (χ1v) is 10.4. The summed E-state index contributed by atoms with van der Waals surface area (Å²) >= 11 is 6.04. The Hall–Kier alpha value is -3.39. The number of rotatable bonds is 2. The third-order valence-electron chi connectivity index (χ3n) is 5.95. The van der Waals surface area contributed by atoms with Gasteiger partial charge in [-0.05, 0) is 53.4 Å². The number of carbonyl (C=O) groups excluding carboxylic acids is 4. The van der Waals surface area contributed by atoms with E-state index >= 15 is 0 Å². The van der Waals surface area contributed by atoms with Gasteiger partial charge in [0.25, 0.3) is 5.91 Å². The number of fused-ring (bicyclic) bond motifs is 2. The molecule has 3 heterocycles. The van der Waals surface area contributed by atoms with Crippen molar-refractivity contribution in [2.45, 2.75) is 38.5 Å². The fourth-order valence-electron chi connectivity index (χ4n) is 4.36. The molecule has 1 atom stereocenters. The van der Waals surface area contributed by atoms with E-state index < -0.39 is 11.9 Å². The number of hydrogen-bond acceptors (Lipinski definition) is 4. The Balaban J connectivity index is 1.28. The van der Waals surface area contributed by atoms with Gasteiger partial charge in [-0.3, -0.25) is 19.7 Å². The lowest BCUT2D eigenvalue weighted by Gasteiger charge is -2.29. The second-order valence-corrected chi connectivity index (χ2v) is 8.41. The van der Waals surface area contributed by atoms with Crippen molar-refractivity contribution >= 4 is 41.0 Å². The minimum atomic E-state index is -0.662. The van der Waals surface area contributed by atoms with E-state index in [0.717, 1.165) is 16.7 Å². The zero-order valence-electron chi connectivity index (χ0n) is 16.5. The number of halogens is 1. The summed E-state index contributed by atoms with van der Waals surface area (Å²) in [6.45, 7) is 1.25. The van der Waals surface area contributed by atoms with Crippen LogP contribution in [-0.2, 0) is 29.2 Å². The topological polar surface area (TPSA) is 98.8 Å². The van der Waals surface area contributed by atoms with Crippen molar-refractivity contribution in [1.82, 2.24) is 15.1 Å². The summed E-state index contributed by atoms with van der Waals surface area (Å²) in [5, 5.41) is 5.82. The van der Waals surface area contributed by atoms with Crippen molar-refractivity contribution in [2.75, 3.05) is 5.32 Å². The molecule has 1 saturated heterocycles. The molecule has 1 unspecified atom stereocenters. The Labute approximate surface area is 183 Å². The Bertz CT molecular complexity index is 1150. The number of nitrogens with zero attached hydrogens (tertiary/aromatic N) is 2. The third-order valence-corrected chi connectivity index (χ3v) is 6.19. The van der Waals surface area contributed by atoms with Gasteiger partial charge in [0.15, 0.2) is 0 Å². The van der Waals surface area contributed by atoms with E-state index in [-0.39, 0.29) is 30.8 Å². The van der Waals surface area contributed by atoms with Crippen LogP contribution in [-0.4, -0.2) is 39.6 Å². The number of amides is 5. The van der Waals surface area contributed by atoms with Crippen LogP contribution in [0.2, 0.25) is 5.02 Å². The molecule has 0 aromatic heterocycles. The van der Waals surface area contributed by atoms with Gasteiger partial charge in [-0.15, -0.1) is 0 Å². The summed E-state index contributed by atoms with van der Waals surface area (Å²) in [5.74, 6) is -1.00. The number of carbonyl (C=O) groups is 4. The van der Waals surface area contributed by atoms with Gasteiger partial charge in [-0.25, -0.2) is 4.79 Å². The van der Waals surface area contributed by atoms with Gasteiger partial charge < -0.3 is 15.1 Å². The molecule has 5 amide bonds. The fourth-order valence-corrected chi connectivity index (χ4v) is 4.56. The van der Waals surface area contributed by atoms with Crippen LogP contribution in [0.1, 0.15) is 39.9 Å². The minimum Gasteiger partial charge on any atom is -0.322 e. The highest BCUT2D eigenvalue weighted by molar-refractivity contribution is 6.30. The van der Waals surface area contributed by atoms with Crippen LogP contribution in [0.5, 0.6) is 0 Å². The van der Waals surface area contributed by atoms with Gasteiger partial charge in [0.05, 0.1) is 0 Å². The van der Waals surface area contributed by atoms with Gasteiger partial charge in [0, 0.05) is 42.3 Å². The highest BCUT2D eigenvalue weighted by Crippen LogP contribution is 2.30. The largest absolute Gasteiger partial charge is 0.322 e. The van der Waals surface area contributed by atoms with Gasteiger partial charge in [-0.2, -0.15) is 0 Å². The van der Waals surface area contributed by atoms with Gasteiger partial charge in [0.2, 0.25) is 11.8 Å². The third kappa shape index (κ3) is 3.53. The summed E-state index contributed by atoms with van der Waals surface area (Å²) < 4.78 is 0. The quantitative estimate of drug-likeness (QED) is 0.704. The molecular weight excluding hydrogens is 420 g/mol. The van der Waals surface area contributed by atoms with Crippen LogP contribution >= 0.6 is 11.6 Å². The molecule has 158 valence electrons. The highest BCUT2D eigenvalue weighted by atomic mass is 35.5. The second-order valence-electron chi connectivity index (χ2n) is 7.97. The normalized spacial score (nSPS) is 19.9. The van der Waals surface area contributed by atoms with Crippen LogP contribution < -0.4 is 10.6 Å². The molecule has 0 spiro atoms. The average Bonchev–Trinajstić information content (AvgIpc) is 3.29. The monoisotopic (exact) mass is 438 g/mol. The van der Waals surface area contributed by atoms with Crippen molar-refractivity contribution in [2.24, 2.45) is 0 Å². The van der Waals surface area contributed by atoms with E-state index in [0.29, 0.717) is 35.8 Å². The number of piperidine rings is 1. The van der Waals surface area contributed by atoms with Crippen LogP contribution in [0.4, 0.5) is 10.5 Å². The first kappa shape index (κ1) is 19.6. The van der Waals surface area contributed by atoms with Gasteiger partial charge in [-0.1, -0.05) is 17.7 Å². The molecule has 8 nitrogen and oxygen atoms in total. The molecule has 3 aliphatic rings. The van der Waals surface area contributed by atoms with E-state index in [1.165, 1.54) is 4.90 Å². The van der Waals surface area contributed by atoms with Crippen molar-refractivity contribution in [1.29, 1.82) is 0 Å². The molecule has 3 aliphatic heterocycles. The minimum absolute atomic E-state index is 0.210.